The number of nitrogens with two attached hydrogens (primary N) is 1. The first-order valence-corrected chi connectivity index (χ1v) is 5.21. The van der Waals surface area contributed by atoms with Gasteiger partial charge in [-0.1, -0.05) is 0 Å². The van der Waals surface area contributed by atoms with E-state index in [4.69, 9.17) is 5.73 Å². The van der Waals surface area contributed by atoms with Crippen molar-refractivity contribution < 1.29 is 14.3 Å². The molecule has 94 valence electrons. The topological polar surface area (TPSA) is 101 Å². The molecule has 7 heteroatoms. The lowest BCUT2D eigenvalue weighted by molar-refractivity contribution is -0.150. The highest BCUT2D eigenvalue weighted by molar-refractivity contribution is 6.01. The van der Waals surface area contributed by atoms with Crippen molar-refractivity contribution in [1.29, 1.82) is 0 Å². The van der Waals surface area contributed by atoms with Crippen LogP contribution in [0.4, 0.5) is 0 Å². The maximum absolute atomic E-state index is 11.8. The summed E-state index contributed by atoms with van der Waals surface area (Å²) < 4.78 is 4.68. The summed E-state index contributed by atoms with van der Waals surface area (Å²) in [5.41, 5.74) is 6.32. The van der Waals surface area contributed by atoms with E-state index < -0.39 is 17.9 Å². The van der Waals surface area contributed by atoms with Gasteiger partial charge >= 0.3 is 5.97 Å². The number of H-pyrrole nitrogens is 1. The molecule has 1 aromatic heterocycles. The molecular weight excluding hydrogens is 224 g/mol. The Kier molecular flexibility index (Phi) is 4.65. The first-order chi connectivity index (χ1) is 8.06. The molecule has 0 aromatic carbocycles. The number of amides is 1. The standard InChI is InChI=1S/C10H16N4O3/c1-3-17-10(16)8(11)9(15)14(2)6-7-4-12-13-5-7/h4-5,8H,3,6,11H2,1-2H3,(H,12,13). The second-order valence-corrected chi connectivity index (χ2v) is 3.53. The van der Waals surface area contributed by atoms with Gasteiger partial charge in [-0.2, -0.15) is 5.10 Å². The SMILES string of the molecule is CCOC(=O)C(N)C(=O)N(C)Cc1cn[nH]c1. The van der Waals surface area contributed by atoms with E-state index in [1.54, 1.807) is 26.4 Å². The number of aromatic nitrogens is 2. The van der Waals surface area contributed by atoms with E-state index in [1.165, 1.54) is 4.90 Å². The molecule has 1 unspecified atom stereocenters. The molecule has 0 fully saturated rings. The lowest BCUT2D eigenvalue weighted by Crippen LogP contribution is -2.47. The Morgan fingerprint density at radius 1 is 1.65 bits per heavy atom. The van der Waals surface area contributed by atoms with Gasteiger partial charge in [0.25, 0.3) is 5.91 Å². The Morgan fingerprint density at radius 2 is 2.35 bits per heavy atom. The van der Waals surface area contributed by atoms with E-state index in [-0.39, 0.29) is 6.61 Å². The van der Waals surface area contributed by atoms with Crippen LogP contribution in [0.2, 0.25) is 0 Å². The van der Waals surface area contributed by atoms with Gasteiger partial charge in [0, 0.05) is 25.4 Å². The molecule has 3 N–H and O–H groups in total. The van der Waals surface area contributed by atoms with Gasteiger partial charge in [0.15, 0.2) is 6.04 Å². The third-order valence-electron chi connectivity index (χ3n) is 2.16. The van der Waals surface area contributed by atoms with Crippen molar-refractivity contribution in [2.75, 3.05) is 13.7 Å². The fraction of sp³-hybridized carbons (Fsp3) is 0.500. The summed E-state index contributed by atoms with van der Waals surface area (Å²) in [7, 11) is 1.56. The highest BCUT2D eigenvalue weighted by Crippen LogP contribution is 2.02. The second kappa shape index (κ2) is 6.00. The first kappa shape index (κ1) is 13.2. The molecule has 0 spiro atoms. The third kappa shape index (κ3) is 3.56. The van der Waals surface area contributed by atoms with E-state index in [2.05, 4.69) is 14.9 Å². The van der Waals surface area contributed by atoms with Crippen molar-refractivity contribution >= 4 is 11.9 Å². The van der Waals surface area contributed by atoms with E-state index >= 15 is 0 Å². The minimum Gasteiger partial charge on any atom is -0.464 e. The summed E-state index contributed by atoms with van der Waals surface area (Å²) >= 11 is 0. The third-order valence-corrected chi connectivity index (χ3v) is 2.16. The maximum atomic E-state index is 11.8. The normalized spacial score (nSPS) is 11.9. The Bertz CT molecular complexity index is 377. The van der Waals surface area contributed by atoms with Gasteiger partial charge in [-0.15, -0.1) is 0 Å². The van der Waals surface area contributed by atoms with E-state index in [1.807, 2.05) is 0 Å². The van der Waals surface area contributed by atoms with Crippen LogP contribution in [0.25, 0.3) is 0 Å². The first-order valence-electron chi connectivity index (χ1n) is 5.21. The van der Waals surface area contributed by atoms with Gasteiger partial charge in [-0.25, -0.2) is 4.79 Å². The monoisotopic (exact) mass is 240 g/mol. The molecule has 0 aliphatic rings. The number of nitrogens with zero attached hydrogens (tertiary/aromatic N) is 2. The van der Waals surface area contributed by atoms with E-state index in [0.29, 0.717) is 6.54 Å². The van der Waals surface area contributed by atoms with Crippen LogP contribution >= 0.6 is 0 Å². The molecule has 1 rings (SSSR count). The fourth-order valence-corrected chi connectivity index (χ4v) is 1.29. The van der Waals surface area contributed by atoms with Crippen molar-refractivity contribution in [3.63, 3.8) is 0 Å². The zero-order valence-corrected chi connectivity index (χ0v) is 9.84. The Hall–Kier alpha value is -1.89. The lowest BCUT2D eigenvalue weighted by Gasteiger charge is -2.19. The molecule has 17 heavy (non-hydrogen) atoms. The largest absolute Gasteiger partial charge is 0.464 e. The van der Waals surface area contributed by atoms with E-state index in [9.17, 15) is 9.59 Å². The molecule has 1 atom stereocenters. The van der Waals surface area contributed by atoms with Crippen LogP contribution in [0.1, 0.15) is 12.5 Å². The molecule has 0 saturated carbocycles. The second-order valence-electron chi connectivity index (χ2n) is 3.53. The average molecular weight is 240 g/mol. The number of hydrogen-bond donors (Lipinski definition) is 2. The van der Waals surface area contributed by atoms with Crippen LogP contribution in [0, 0.1) is 0 Å². The van der Waals surface area contributed by atoms with Gasteiger partial charge < -0.3 is 15.4 Å². The number of carbonyl (C=O) groups is 2. The van der Waals surface area contributed by atoms with Crippen molar-refractivity contribution in [3.05, 3.63) is 18.0 Å². The molecule has 0 radical (unpaired) electrons. The summed E-state index contributed by atoms with van der Waals surface area (Å²) in [4.78, 5) is 24.4. The maximum Gasteiger partial charge on any atom is 0.332 e. The molecule has 7 nitrogen and oxygen atoms in total. The number of likely N-dealkylation sites (N-methyl/N-ethyl adjacent to an activating group) is 1. The van der Waals surface area contributed by atoms with E-state index in [0.717, 1.165) is 5.56 Å². The average Bonchev–Trinajstić information content (AvgIpc) is 2.80. The highest BCUT2D eigenvalue weighted by atomic mass is 16.5. The minimum atomic E-state index is -1.27. The fourth-order valence-electron chi connectivity index (χ4n) is 1.29. The van der Waals surface area contributed by atoms with Crippen molar-refractivity contribution in [3.8, 4) is 0 Å². The minimum absolute atomic E-state index is 0.200. The quantitative estimate of drug-likeness (QED) is 0.521. The van der Waals surface area contributed by atoms with Crippen molar-refractivity contribution in [1.82, 2.24) is 15.1 Å². The number of nitrogens with one attached hydrogen (secondary N) is 1. The summed E-state index contributed by atoms with van der Waals surface area (Å²) in [5, 5.41) is 6.39. The zero-order chi connectivity index (χ0) is 12.8. The van der Waals surface area contributed by atoms with Crippen LogP contribution in [0.3, 0.4) is 0 Å². The number of esters is 1. The molecule has 1 amide bonds. The summed E-state index contributed by atoms with van der Waals surface area (Å²) in [6, 6.07) is -1.27. The Labute approximate surface area is 98.9 Å². The Balaban J connectivity index is 2.54. The number of hydrogen-bond acceptors (Lipinski definition) is 5. The van der Waals surface area contributed by atoms with Gasteiger partial charge in [0.05, 0.1) is 12.8 Å². The van der Waals surface area contributed by atoms with Crippen LogP contribution in [-0.4, -0.2) is 46.7 Å². The zero-order valence-electron chi connectivity index (χ0n) is 9.84. The van der Waals surface area contributed by atoms with Gasteiger partial charge in [-0.05, 0) is 6.92 Å². The molecule has 0 aliphatic carbocycles. The molecule has 0 aliphatic heterocycles. The van der Waals surface area contributed by atoms with Gasteiger partial charge in [-0.3, -0.25) is 9.89 Å². The molecule has 1 aromatic rings. The number of ether oxygens (including phenoxy) is 1. The molecule has 0 bridgehead atoms. The van der Waals surface area contributed by atoms with Gasteiger partial charge in [0.2, 0.25) is 0 Å². The van der Waals surface area contributed by atoms with Crippen LogP contribution < -0.4 is 5.73 Å². The van der Waals surface area contributed by atoms with Crippen molar-refractivity contribution in [2.45, 2.75) is 19.5 Å². The smallest absolute Gasteiger partial charge is 0.332 e. The van der Waals surface area contributed by atoms with Gasteiger partial charge in [0.1, 0.15) is 0 Å². The predicted molar refractivity (Wildman–Crippen MR) is 59.7 cm³/mol. The molecule has 0 saturated heterocycles. The van der Waals surface area contributed by atoms with Crippen LogP contribution in [-0.2, 0) is 20.9 Å². The summed E-state index contributed by atoms with van der Waals surface area (Å²) in [6.07, 6.45) is 3.26. The summed E-state index contributed by atoms with van der Waals surface area (Å²) in [6.45, 7) is 2.19. The number of aromatic amines is 1. The highest BCUT2D eigenvalue weighted by Gasteiger charge is 2.26. The van der Waals surface area contributed by atoms with Crippen LogP contribution in [0.5, 0.6) is 0 Å². The van der Waals surface area contributed by atoms with Crippen molar-refractivity contribution in [2.24, 2.45) is 5.73 Å². The predicted octanol–water partition coefficient (Wildman–Crippen LogP) is -0.741. The summed E-state index contributed by atoms with van der Waals surface area (Å²) in [5.74, 6) is -1.19. The number of rotatable bonds is 5. The number of carbonyl (C=O) groups excluding carboxylic acids is 2. The lowest BCUT2D eigenvalue weighted by atomic mass is 10.2. The molecule has 1 heterocycles. The Morgan fingerprint density at radius 3 is 2.88 bits per heavy atom. The molecular formula is C10H16N4O3. The van der Waals surface area contributed by atoms with Crippen LogP contribution in [0.15, 0.2) is 12.4 Å².